The first-order valence-corrected chi connectivity index (χ1v) is 8.21. The van der Waals surface area contributed by atoms with Gasteiger partial charge in [-0.2, -0.15) is 5.26 Å². The van der Waals surface area contributed by atoms with Gasteiger partial charge < -0.3 is 5.11 Å². The molecule has 0 saturated heterocycles. The van der Waals surface area contributed by atoms with Gasteiger partial charge >= 0.3 is 5.97 Å². The largest absolute Gasteiger partial charge is 0.481 e. The molecule has 3 nitrogen and oxygen atoms in total. The summed E-state index contributed by atoms with van der Waals surface area (Å²) < 4.78 is 1.35. The predicted octanol–water partition coefficient (Wildman–Crippen LogP) is 5.22. The number of nitriles is 1. The van der Waals surface area contributed by atoms with Crippen LogP contribution in [0.4, 0.5) is 0 Å². The molecule has 0 bridgehead atoms. The summed E-state index contributed by atoms with van der Waals surface area (Å²) in [6, 6.07) is 5.39. The minimum Gasteiger partial charge on any atom is -0.481 e. The van der Waals surface area contributed by atoms with Crippen LogP contribution in [0.5, 0.6) is 0 Å². The molecule has 1 unspecified atom stereocenters. The van der Waals surface area contributed by atoms with E-state index in [-0.39, 0.29) is 0 Å². The topological polar surface area (TPSA) is 61.1 Å². The molecule has 0 aliphatic rings. The number of aliphatic carboxylic acids is 1. The van der Waals surface area contributed by atoms with Crippen LogP contribution in [0.1, 0.15) is 56.1 Å². The fourth-order valence-electron chi connectivity index (χ4n) is 2.15. The van der Waals surface area contributed by atoms with Gasteiger partial charge in [0, 0.05) is 8.95 Å². The third kappa shape index (κ3) is 4.60. The van der Waals surface area contributed by atoms with Crippen LogP contribution in [0.2, 0.25) is 0 Å². The van der Waals surface area contributed by atoms with Crippen molar-refractivity contribution in [1.29, 1.82) is 5.26 Å². The van der Waals surface area contributed by atoms with Crippen molar-refractivity contribution in [1.82, 2.24) is 0 Å². The lowest BCUT2D eigenvalue weighted by molar-refractivity contribution is -0.139. The number of hydrogen-bond acceptors (Lipinski definition) is 2. The van der Waals surface area contributed by atoms with E-state index < -0.39 is 11.9 Å². The van der Waals surface area contributed by atoms with Gasteiger partial charge in [-0.15, -0.1) is 0 Å². The van der Waals surface area contributed by atoms with Crippen molar-refractivity contribution < 1.29 is 9.90 Å². The quantitative estimate of drug-likeness (QED) is 0.635. The van der Waals surface area contributed by atoms with E-state index >= 15 is 0 Å². The first-order valence-electron chi connectivity index (χ1n) is 6.63. The third-order valence-electron chi connectivity index (χ3n) is 3.20. The van der Waals surface area contributed by atoms with Crippen LogP contribution in [0.3, 0.4) is 0 Å². The molecule has 108 valence electrons. The van der Waals surface area contributed by atoms with E-state index in [1.54, 1.807) is 12.1 Å². The molecular weight excluding hydrogens is 386 g/mol. The molecule has 0 spiro atoms. The Balaban J connectivity index is 2.98. The number of rotatable bonds is 7. The molecule has 0 aliphatic heterocycles. The van der Waals surface area contributed by atoms with Gasteiger partial charge in [-0.3, -0.25) is 4.79 Å². The van der Waals surface area contributed by atoms with Crippen LogP contribution < -0.4 is 0 Å². The summed E-state index contributed by atoms with van der Waals surface area (Å²) in [6.45, 7) is 2.13. The Morgan fingerprint density at radius 1 is 1.30 bits per heavy atom. The first-order chi connectivity index (χ1) is 9.51. The normalized spacial score (nSPS) is 11.9. The number of carboxylic acid groups (broad SMARTS) is 1. The minimum atomic E-state index is -0.826. The van der Waals surface area contributed by atoms with Crippen LogP contribution >= 0.6 is 31.9 Å². The summed E-state index contributed by atoms with van der Waals surface area (Å²) in [6.07, 6.45) is 4.80. The highest BCUT2D eigenvalue weighted by Crippen LogP contribution is 2.36. The molecule has 1 N–H and O–H groups in total. The van der Waals surface area contributed by atoms with Gasteiger partial charge in [0.25, 0.3) is 0 Å². The van der Waals surface area contributed by atoms with Gasteiger partial charge in [0.05, 0.1) is 17.6 Å². The number of hydrogen-bond donors (Lipinski definition) is 1. The summed E-state index contributed by atoms with van der Waals surface area (Å²) in [5.74, 6) is -1.38. The molecule has 5 heteroatoms. The zero-order valence-corrected chi connectivity index (χ0v) is 14.5. The zero-order valence-electron chi connectivity index (χ0n) is 11.3. The van der Waals surface area contributed by atoms with Crippen LogP contribution in [-0.4, -0.2) is 11.1 Å². The van der Waals surface area contributed by atoms with E-state index in [1.165, 1.54) is 0 Å². The molecule has 1 rings (SSSR count). The Kier molecular flexibility index (Phi) is 7.25. The lowest BCUT2D eigenvalue weighted by Gasteiger charge is -2.16. The lowest BCUT2D eigenvalue weighted by Crippen LogP contribution is -2.13. The van der Waals surface area contributed by atoms with Crippen molar-refractivity contribution >= 4 is 37.8 Å². The van der Waals surface area contributed by atoms with Crippen LogP contribution in [0.25, 0.3) is 0 Å². The second kappa shape index (κ2) is 8.43. The maximum atomic E-state index is 11.5. The standard InChI is InChI=1S/C15H17Br2NO2/c1-2-3-4-5-6-11(15(19)20)14-12(16)7-10(9-18)8-13(14)17/h7-8,11H,2-6H2,1H3,(H,19,20). The van der Waals surface area contributed by atoms with E-state index in [2.05, 4.69) is 44.9 Å². The summed E-state index contributed by atoms with van der Waals surface area (Å²) in [5, 5.41) is 18.4. The maximum Gasteiger partial charge on any atom is 0.311 e. The Bertz CT molecular complexity index is 500. The van der Waals surface area contributed by atoms with Crippen molar-refractivity contribution in [2.45, 2.75) is 44.9 Å². The van der Waals surface area contributed by atoms with Crippen molar-refractivity contribution in [3.8, 4) is 6.07 Å². The molecular formula is C15H17Br2NO2. The van der Waals surface area contributed by atoms with Crippen molar-refractivity contribution in [2.75, 3.05) is 0 Å². The Labute approximate surface area is 136 Å². The fourth-order valence-corrected chi connectivity index (χ4v) is 3.89. The lowest BCUT2D eigenvalue weighted by atomic mass is 9.92. The van der Waals surface area contributed by atoms with Gasteiger partial charge in [-0.05, 0) is 24.1 Å². The molecule has 0 fully saturated rings. The van der Waals surface area contributed by atoms with Crippen LogP contribution in [0, 0.1) is 11.3 Å². The number of carbonyl (C=O) groups is 1. The molecule has 0 radical (unpaired) electrons. The Hall–Kier alpha value is -0.860. The highest BCUT2D eigenvalue weighted by atomic mass is 79.9. The number of nitrogens with zero attached hydrogens (tertiary/aromatic N) is 1. The second-order valence-corrected chi connectivity index (χ2v) is 6.41. The number of halogens is 2. The smallest absolute Gasteiger partial charge is 0.311 e. The summed E-state index contributed by atoms with van der Waals surface area (Å²) in [7, 11) is 0. The van der Waals surface area contributed by atoms with E-state index in [0.717, 1.165) is 25.7 Å². The number of benzene rings is 1. The molecule has 20 heavy (non-hydrogen) atoms. The highest BCUT2D eigenvalue weighted by Gasteiger charge is 2.24. The van der Waals surface area contributed by atoms with E-state index in [9.17, 15) is 9.90 Å². The average molecular weight is 403 g/mol. The highest BCUT2D eigenvalue weighted by molar-refractivity contribution is 9.11. The van der Waals surface area contributed by atoms with Crippen LogP contribution in [0.15, 0.2) is 21.1 Å². The molecule has 0 aromatic heterocycles. The van der Waals surface area contributed by atoms with Gasteiger partial charge in [0.1, 0.15) is 0 Å². The third-order valence-corrected chi connectivity index (χ3v) is 4.51. The SMILES string of the molecule is CCCCCCC(C(=O)O)c1c(Br)cc(C#N)cc1Br. The average Bonchev–Trinajstić information content (AvgIpc) is 2.40. The molecule has 0 heterocycles. The van der Waals surface area contributed by atoms with Gasteiger partial charge in [0.2, 0.25) is 0 Å². The van der Waals surface area contributed by atoms with Crippen molar-refractivity contribution in [3.05, 3.63) is 32.2 Å². The molecule has 1 aromatic rings. The minimum absolute atomic E-state index is 0.502. The fraction of sp³-hybridized carbons (Fsp3) is 0.467. The Morgan fingerprint density at radius 3 is 2.35 bits per heavy atom. The summed E-state index contributed by atoms with van der Waals surface area (Å²) in [5.41, 5.74) is 1.22. The predicted molar refractivity (Wildman–Crippen MR) is 85.7 cm³/mol. The Morgan fingerprint density at radius 2 is 1.90 bits per heavy atom. The zero-order chi connectivity index (χ0) is 15.1. The molecule has 0 amide bonds. The van der Waals surface area contributed by atoms with Crippen molar-refractivity contribution in [2.24, 2.45) is 0 Å². The van der Waals surface area contributed by atoms with Crippen LogP contribution in [-0.2, 0) is 4.79 Å². The number of carboxylic acids is 1. The van der Waals surface area contributed by atoms with E-state index in [4.69, 9.17) is 5.26 Å². The molecule has 1 aromatic carbocycles. The first kappa shape index (κ1) is 17.2. The second-order valence-electron chi connectivity index (χ2n) is 4.71. The monoisotopic (exact) mass is 401 g/mol. The summed E-state index contributed by atoms with van der Waals surface area (Å²) in [4.78, 5) is 11.5. The van der Waals surface area contributed by atoms with Gasteiger partial charge in [-0.25, -0.2) is 0 Å². The molecule has 1 atom stereocenters. The molecule has 0 aliphatic carbocycles. The summed E-state index contributed by atoms with van der Waals surface area (Å²) >= 11 is 6.77. The number of unbranched alkanes of at least 4 members (excludes halogenated alkanes) is 3. The van der Waals surface area contributed by atoms with Gasteiger partial charge in [-0.1, -0.05) is 64.5 Å². The van der Waals surface area contributed by atoms with E-state index in [0.29, 0.717) is 26.5 Å². The molecule has 0 saturated carbocycles. The van der Waals surface area contributed by atoms with E-state index in [1.807, 2.05) is 0 Å². The van der Waals surface area contributed by atoms with Crippen molar-refractivity contribution in [3.63, 3.8) is 0 Å². The maximum absolute atomic E-state index is 11.5. The van der Waals surface area contributed by atoms with Gasteiger partial charge in [0.15, 0.2) is 0 Å².